The first-order valence-corrected chi connectivity index (χ1v) is 11.0. The number of carbonyl (C=O) groups excluding carboxylic acids is 1. The average molecular weight is 434 g/mol. The van der Waals surface area contributed by atoms with Gasteiger partial charge >= 0.3 is 6.09 Å². The molecule has 0 heterocycles. The third-order valence-corrected chi connectivity index (χ3v) is 5.49. The van der Waals surface area contributed by atoms with Crippen LogP contribution >= 0.6 is 0 Å². The molecule has 3 rings (SSSR count). The van der Waals surface area contributed by atoms with Crippen LogP contribution < -0.4 is 4.74 Å². The van der Waals surface area contributed by atoms with Crippen molar-refractivity contribution in [1.29, 1.82) is 0 Å². The Morgan fingerprint density at radius 2 is 1.75 bits per heavy atom. The number of unbranched alkanes of at least 4 members (excludes halogenated alkanes) is 2. The Morgan fingerprint density at radius 1 is 1.00 bits per heavy atom. The Bertz CT molecular complexity index is 1060. The molecule has 2 N–H and O–H groups in total. The van der Waals surface area contributed by atoms with E-state index in [0.717, 1.165) is 36.0 Å². The maximum Gasteiger partial charge on any atom is 0.415 e. The molecule has 0 unspecified atom stereocenters. The molecule has 0 radical (unpaired) electrons. The summed E-state index contributed by atoms with van der Waals surface area (Å²) in [5.74, 6) is 0.502. The third-order valence-electron chi connectivity index (χ3n) is 5.49. The van der Waals surface area contributed by atoms with Crippen LogP contribution in [0.5, 0.6) is 17.2 Å². The van der Waals surface area contributed by atoms with Crippen LogP contribution in [0.4, 0.5) is 4.79 Å². The fourth-order valence-electron chi connectivity index (χ4n) is 3.77. The van der Waals surface area contributed by atoms with Crippen LogP contribution in [-0.4, -0.2) is 28.3 Å². The van der Waals surface area contributed by atoms with Crippen LogP contribution in [-0.2, 0) is 13.0 Å². The van der Waals surface area contributed by atoms with Crippen LogP contribution in [0.1, 0.15) is 42.9 Å². The van der Waals surface area contributed by atoms with E-state index in [1.54, 1.807) is 37.4 Å². The lowest BCUT2D eigenvalue weighted by Gasteiger charge is -2.22. The van der Waals surface area contributed by atoms with Gasteiger partial charge in [0.1, 0.15) is 17.2 Å². The number of phenolic OH excluding ortho intramolecular Hbond substituents is 2. The van der Waals surface area contributed by atoms with Gasteiger partial charge in [-0.3, -0.25) is 0 Å². The minimum atomic E-state index is -0.514. The molecule has 1 amide bonds. The van der Waals surface area contributed by atoms with Crippen molar-refractivity contribution in [3.8, 4) is 28.4 Å². The molecular formula is C27H31NO4. The Balaban J connectivity index is 1.95. The lowest BCUT2D eigenvalue weighted by Crippen LogP contribution is -2.29. The van der Waals surface area contributed by atoms with E-state index in [1.807, 2.05) is 37.3 Å². The number of hydrogen-bond acceptors (Lipinski definition) is 4. The Kier molecular flexibility index (Phi) is 7.77. The first-order valence-electron chi connectivity index (χ1n) is 11.0. The van der Waals surface area contributed by atoms with E-state index in [4.69, 9.17) is 4.74 Å². The van der Waals surface area contributed by atoms with Crippen LogP contribution in [0.15, 0.2) is 60.7 Å². The predicted molar refractivity (Wildman–Crippen MR) is 127 cm³/mol. The van der Waals surface area contributed by atoms with Gasteiger partial charge in [0.25, 0.3) is 0 Å². The highest BCUT2D eigenvalue weighted by Gasteiger charge is 2.22. The van der Waals surface area contributed by atoms with E-state index < -0.39 is 6.09 Å². The van der Waals surface area contributed by atoms with Gasteiger partial charge in [-0.15, -0.1) is 0 Å². The van der Waals surface area contributed by atoms with E-state index >= 15 is 0 Å². The quantitative estimate of drug-likeness (QED) is 0.401. The molecule has 5 heteroatoms. The summed E-state index contributed by atoms with van der Waals surface area (Å²) in [5.41, 5.74) is 3.61. The zero-order valence-corrected chi connectivity index (χ0v) is 19.0. The molecule has 0 aromatic heterocycles. The fourth-order valence-corrected chi connectivity index (χ4v) is 3.77. The van der Waals surface area contributed by atoms with E-state index in [2.05, 4.69) is 6.92 Å². The molecule has 0 aliphatic carbocycles. The lowest BCUT2D eigenvalue weighted by molar-refractivity contribution is 0.160. The molecule has 3 aromatic carbocycles. The molecule has 0 saturated carbocycles. The molecule has 32 heavy (non-hydrogen) atoms. The molecule has 5 nitrogen and oxygen atoms in total. The zero-order valence-electron chi connectivity index (χ0n) is 19.0. The highest BCUT2D eigenvalue weighted by atomic mass is 16.6. The second kappa shape index (κ2) is 10.7. The molecule has 0 bridgehead atoms. The van der Waals surface area contributed by atoms with Gasteiger partial charge in [-0.05, 0) is 49.1 Å². The molecule has 0 aliphatic rings. The highest BCUT2D eigenvalue weighted by molar-refractivity contribution is 5.79. The van der Waals surface area contributed by atoms with Crippen molar-refractivity contribution in [2.24, 2.45) is 0 Å². The average Bonchev–Trinajstić information content (AvgIpc) is 2.77. The molecule has 0 saturated heterocycles. The van der Waals surface area contributed by atoms with Gasteiger partial charge < -0.3 is 19.8 Å². The van der Waals surface area contributed by atoms with E-state index in [-0.39, 0.29) is 18.0 Å². The molecule has 0 atom stereocenters. The minimum absolute atomic E-state index is 0.00135. The summed E-state index contributed by atoms with van der Waals surface area (Å²) < 4.78 is 5.44. The highest BCUT2D eigenvalue weighted by Crippen LogP contribution is 2.42. The SMILES string of the molecule is CCCCCc1cc(O)c(-c2cccc(C)c2)c(O)c1CN(C)C(=O)Oc1ccccc1. The second-order valence-corrected chi connectivity index (χ2v) is 8.12. The summed E-state index contributed by atoms with van der Waals surface area (Å²) in [6, 6.07) is 18.2. The van der Waals surface area contributed by atoms with Gasteiger partial charge in [0, 0.05) is 12.6 Å². The lowest BCUT2D eigenvalue weighted by atomic mass is 9.92. The van der Waals surface area contributed by atoms with Gasteiger partial charge in [-0.1, -0.05) is 67.8 Å². The van der Waals surface area contributed by atoms with Crippen LogP contribution in [0.2, 0.25) is 0 Å². The summed E-state index contributed by atoms with van der Waals surface area (Å²) in [6.45, 7) is 4.26. The largest absolute Gasteiger partial charge is 0.507 e. The van der Waals surface area contributed by atoms with Crippen molar-refractivity contribution in [2.75, 3.05) is 7.05 Å². The van der Waals surface area contributed by atoms with Gasteiger partial charge in [-0.25, -0.2) is 4.79 Å². The topological polar surface area (TPSA) is 70.0 Å². The number of para-hydroxylation sites is 1. The molecule has 0 aliphatic heterocycles. The van der Waals surface area contributed by atoms with Crippen LogP contribution in [0.3, 0.4) is 0 Å². The van der Waals surface area contributed by atoms with Crippen molar-refractivity contribution < 1.29 is 19.7 Å². The van der Waals surface area contributed by atoms with E-state index in [0.29, 0.717) is 23.3 Å². The summed E-state index contributed by atoms with van der Waals surface area (Å²) >= 11 is 0. The normalized spacial score (nSPS) is 10.7. The fraction of sp³-hybridized carbons (Fsp3) is 0.296. The van der Waals surface area contributed by atoms with E-state index in [1.165, 1.54) is 4.90 Å². The third kappa shape index (κ3) is 5.61. The molecular weight excluding hydrogens is 402 g/mol. The first kappa shape index (κ1) is 23.2. The van der Waals surface area contributed by atoms with Gasteiger partial charge in [0.2, 0.25) is 0 Å². The van der Waals surface area contributed by atoms with Crippen LogP contribution in [0.25, 0.3) is 11.1 Å². The number of hydrogen-bond donors (Lipinski definition) is 2. The van der Waals surface area contributed by atoms with Gasteiger partial charge in [0.15, 0.2) is 0 Å². The Labute approximate surface area is 189 Å². The number of ether oxygens (including phenoxy) is 1. The summed E-state index contributed by atoms with van der Waals surface area (Å²) in [6.07, 6.45) is 3.25. The van der Waals surface area contributed by atoms with Crippen molar-refractivity contribution in [2.45, 2.75) is 46.1 Å². The van der Waals surface area contributed by atoms with Crippen molar-refractivity contribution in [3.05, 3.63) is 77.4 Å². The molecule has 0 spiro atoms. The number of carbonyl (C=O) groups is 1. The molecule has 3 aromatic rings. The number of benzene rings is 3. The van der Waals surface area contributed by atoms with Crippen LogP contribution in [0, 0.1) is 6.92 Å². The maximum absolute atomic E-state index is 12.6. The zero-order chi connectivity index (χ0) is 23.1. The molecule has 168 valence electrons. The number of aromatic hydroxyl groups is 2. The second-order valence-electron chi connectivity index (χ2n) is 8.12. The van der Waals surface area contributed by atoms with Crippen molar-refractivity contribution in [1.82, 2.24) is 4.90 Å². The van der Waals surface area contributed by atoms with Gasteiger partial charge in [0.05, 0.1) is 12.1 Å². The molecule has 0 fully saturated rings. The maximum atomic E-state index is 12.6. The smallest absolute Gasteiger partial charge is 0.415 e. The number of nitrogens with zero attached hydrogens (tertiary/aromatic N) is 1. The summed E-state index contributed by atoms with van der Waals surface area (Å²) in [7, 11) is 1.64. The predicted octanol–water partition coefficient (Wildman–Crippen LogP) is 6.44. The first-order chi connectivity index (χ1) is 15.4. The number of amides is 1. The number of aryl methyl sites for hydroxylation is 2. The van der Waals surface area contributed by atoms with Crippen molar-refractivity contribution >= 4 is 6.09 Å². The minimum Gasteiger partial charge on any atom is -0.507 e. The standard InChI is InChI=1S/C27H31NO4/c1-4-5-7-12-20-17-24(29)25(21-13-10-11-19(2)16-21)26(30)23(20)18-28(3)27(31)32-22-14-8-6-9-15-22/h6,8-11,13-17,29-30H,4-5,7,12,18H2,1-3H3. The number of rotatable bonds is 8. The van der Waals surface area contributed by atoms with Gasteiger partial charge in [-0.2, -0.15) is 0 Å². The van der Waals surface area contributed by atoms with E-state index in [9.17, 15) is 15.0 Å². The Morgan fingerprint density at radius 3 is 2.44 bits per heavy atom. The number of phenols is 2. The monoisotopic (exact) mass is 433 g/mol. The Hall–Kier alpha value is -3.47. The summed E-state index contributed by atoms with van der Waals surface area (Å²) in [5, 5.41) is 22.0. The van der Waals surface area contributed by atoms with Crippen molar-refractivity contribution in [3.63, 3.8) is 0 Å². The summed E-state index contributed by atoms with van der Waals surface area (Å²) in [4.78, 5) is 14.1.